The highest BCUT2D eigenvalue weighted by Crippen LogP contribution is 2.17. The van der Waals surface area contributed by atoms with Crippen LogP contribution in [0.2, 0.25) is 0 Å². The van der Waals surface area contributed by atoms with Gasteiger partial charge in [-0.3, -0.25) is 13.7 Å². The van der Waals surface area contributed by atoms with Crippen molar-refractivity contribution >= 4 is 26.6 Å². The second-order valence-electron chi connectivity index (χ2n) is 6.27. The van der Waals surface area contributed by atoms with Crippen molar-refractivity contribution in [2.75, 3.05) is 17.6 Å². The molecule has 0 saturated heterocycles. The van der Waals surface area contributed by atoms with Gasteiger partial charge >= 0.3 is 5.69 Å². The Balaban J connectivity index is 2.07. The molecule has 1 aromatic heterocycles. The average molecular weight is 373 g/mol. The molecule has 26 heavy (non-hydrogen) atoms. The second kappa shape index (κ2) is 6.45. The van der Waals surface area contributed by atoms with E-state index in [9.17, 15) is 18.0 Å². The number of nitrogens with zero attached hydrogens (tertiary/aromatic N) is 2. The quantitative estimate of drug-likeness (QED) is 0.749. The predicted octanol–water partition coefficient (Wildman–Crippen LogP) is 1.44. The molecular weight excluding hydrogens is 354 g/mol. The first-order valence-corrected chi connectivity index (χ1v) is 9.78. The fourth-order valence-electron chi connectivity index (χ4n) is 2.73. The van der Waals surface area contributed by atoms with Crippen molar-refractivity contribution in [3.05, 3.63) is 74.4 Å². The number of hydrogen-bond donors (Lipinski definition) is 1. The summed E-state index contributed by atoms with van der Waals surface area (Å²) in [6, 6.07) is 12.0. The summed E-state index contributed by atoms with van der Waals surface area (Å²) >= 11 is 0. The van der Waals surface area contributed by atoms with Crippen molar-refractivity contribution in [2.45, 2.75) is 13.5 Å². The van der Waals surface area contributed by atoms with Crippen LogP contribution < -0.4 is 15.6 Å². The standard InChI is InChI=1S/C18H19N3O4S/c1-12-7-8-16-15(9-12)17(22)21(18(23)19-16)11-13-5-4-6-14(10-13)20(2)26(3,24)25/h4-10H,11H2,1-3H3,(H,19,23). The van der Waals surface area contributed by atoms with Crippen molar-refractivity contribution < 1.29 is 8.42 Å². The molecule has 0 radical (unpaired) electrons. The summed E-state index contributed by atoms with van der Waals surface area (Å²) in [4.78, 5) is 27.8. The van der Waals surface area contributed by atoms with Gasteiger partial charge in [-0.1, -0.05) is 23.8 Å². The predicted molar refractivity (Wildman–Crippen MR) is 102 cm³/mol. The Bertz CT molecular complexity index is 1210. The van der Waals surface area contributed by atoms with E-state index in [4.69, 9.17) is 0 Å². The lowest BCUT2D eigenvalue weighted by molar-refractivity contribution is 0.600. The molecular formula is C18H19N3O4S. The maximum Gasteiger partial charge on any atom is 0.329 e. The zero-order valence-corrected chi connectivity index (χ0v) is 15.5. The maximum atomic E-state index is 12.7. The van der Waals surface area contributed by atoms with E-state index in [-0.39, 0.29) is 12.1 Å². The van der Waals surface area contributed by atoms with Crippen LogP contribution in [-0.4, -0.2) is 31.3 Å². The van der Waals surface area contributed by atoms with Gasteiger partial charge in [0.25, 0.3) is 5.56 Å². The van der Waals surface area contributed by atoms with Gasteiger partial charge in [0.1, 0.15) is 0 Å². The molecule has 0 saturated carbocycles. The summed E-state index contributed by atoms with van der Waals surface area (Å²) in [5.41, 5.74) is 1.64. The molecule has 0 aliphatic heterocycles. The topological polar surface area (TPSA) is 92.2 Å². The zero-order valence-electron chi connectivity index (χ0n) is 14.7. The molecule has 0 aliphatic carbocycles. The molecule has 3 aromatic rings. The Morgan fingerprint density at radius 2 is 1.85 bits per heavy atom. The molecule has 0 bridgehead atoms. The minimum Gasteiger partial charge on any atom is -0.307 e. The number of nitrogens with one attached hydrogen (secondary N) is 1. The van der Waals surface area contributed by atoms with Crippen LogP contribution in [0.4, 0.5) is 5.69 Å². The normalized spacial score (nSPS) is 11.7. The third-order valence-corrected chi connectivity index (χ3v) is 5.46. The molecule has 0 unspecified atom stereocenters. The first kappa shape index (κ1) is 17.9. The number of hydrogen-bond acceptors (Lipinski definition) is 4. The van der Waals surface area contributed by atoms with E-state index < -0.39 is 15.7 Å². The Kier molecular flexibility index (Phi) is 4.45. The van der Waals surface area contributed by atoms with Crippen LogP contribution in [0.1, 0.15) is 11.1 Å². The van der Waals surface area contributed by atoms with Crippen LogP contribution in [0.15, 0.2) is 52.1 Å². The zero-order chi connectivity index (χ0) is 19.1. The Hall–Kier alpha value is -2.87. The van der Waals surface area contributed by atoms with Gasteiger partial charge in [-0.25, -0.2) is 13.2 Å². The van der Waals surface area contributed by atoms with Gasteiger partial charge in [-0.05, 0) is 36.8 Å². The number of rotatable bonds is 4. The van der Waals surface area contributed by atoms with Gasteiger partial charge < -0.3 is 4.98 Å². The molecule has 0 fully saturated rings. The molecule has 0 amide bonds. The van der Waals surface area contributed by atoms with E-state index in [0.29, 0.717) is 22.2 Å². The SMILES string of the molecule is Cc1ccc2[nH]c(=O)n(Cc3cccc(N(C)S(C)(=O)=O)c3)c(=O)c2c1. The lowest BCUT2D eigenvalue weighted by atomic mass is 10.1. The molecule has 0 spiro atoms. The number of aryl methyl sites for hydroxylation is 1. The van der Waals surface area contributed by atoms with Gasteiger partial charge in [-0.15, -0.1) is 0 Å². The van der Waals surface area contributed by atoms with Crippen LogP contribution in [0.3, 0.4) is 0 Å². The van der Waals surface area contributed by atoms with E-state index in [1.165, 1.54) is 7.05 Å². The summed E-state index contributed by atoms with van der Waals surface area (Å²) in [7, 11) is -1.95. The summed E-state index contributed by atoms with van der Waals surface area (Å²) in [5, 5.41) is 0.439. The number of aromatic nitrogens is 2. The fourth-order valence-corrected chi connectivity index (χ4v) is 3.23. The van der Waals surface area contributed by atoms with Crippen molar-refractivity contribution in [1.82, 2.24) is 9.55 Å². The number of fused-ring (bicyclic) bond motifs is 1. The highest BCUT2D eigenvalue weighted by molar-refractivity contribution is 7.92. The van der Waals surface area contributed by atoms with Crippen LogP contribution in [0.25, 0.3) is 10.9 Å². The van der Waals surface area contributed by atoms with Gasteiger partial charge in [-0.2, -0.15) is 0 Å². The van der Waals surface area contributed by atoms with E-state index in [2.05, 4.69) is 4.98 Å². The van der Waals surface area contributed by atoms with Crippen molar-refractivity contribution in [3.8, 4) is 0 Å². The summed E-state index contributed by atoms with van der Waals surface area (Å²) < 4.78 is 25.7. The van der Waals surface area contributed by atoms with Crippen molar-refractivity contribution in [3.63, 3.8) is 0 Å². The average Bonchev–Trinajstić information content (AvgIpc) is 2.58. The molecule has 0 aliphatic rings. The Morgan fingerprint density at radius 3 is 2.54 bits per heavy atom. The summed E-state index contributed by atoms with van der Waals surface area (Å²) in [5.74, 6) is 0. The number of benzene rings is 2. The van der Waals surface area contributed by atoms with E-state index in [1.54, 1.807) is 36.4 Å². The fraction of sp³-hybridized carbons (Fsp3) is 0.222. The largest absolute Gasteiger partial charge is 0.329 e. The summed E-state index contributed by atoms with van der Waals surface area (Å²) in [6.07, 6.45) is 1.11. The first-order valence-electron chi connectivity index (χ1n) is 7.93. The molecule has 1 heterocycles. The minimum absolute atomic E-state index is 0.0451. The van der Waals surface area contributed by atoms with E-state index >= 15 is 0 Å². The number of aromatic amines is 1. The van der Waals surface area contributed by atoms with E-state index in [0.717, 1.165) is 20.7 Å². The van der Waals surface area contributed by atoms with Crippen molar-refractivity contribution in [1.29, 1.82) is 0 Å². The van der Waals surface area contributed by atoms with Gasteiger partial charge in [0.15, 0.2) is 0 Å². The highest BCUT2D eigenvalue weighted by Gasteiger charge is 2.13. The lowest BCUT2D eigenvalue weighted by Crippen LogP contribution is -2.35. The highest BCUT2D eigenvalue weighted by atomic mass is 32.2. The Labute approximate surface area is 150 Å². The molecule has 1 N–H and O–H groups in total. The molecule has 8 heteroatoms. The number of H-pyrrole nitrogens is 1. The molecule has 0 atom stereocenters. The second-order valence-corrected chi connectivity index (χ2v) is 8.28. The molecule has 136 valence electrons. The third kappa shape index (κ3) is 3.41. The van der Waals surface area contributed by atoms with Gasteiger partial charge in [0.05, 0.1) is 29.4 Å². The first-order chi connectivity index (χ1) is 12.2. The monoisotopic (exact) mass is 373 g/mol. The third-order valence-electron chi connectivity index (χ3n) is 4.25. The smallest absolute Gasteiger partial charge is 0.307 e. The maximum absolute atomic E-state index is 12.7. The molecule has 3 rings (SSSR count). The van der Waals surface area contributed by atoms with Gasteiger partial charge in [0, 0.05) is 7.05 Å². The van der Waals surface area contributed by atoms with Crippen LogP contribution >= 0.6 is 0 Å². The number of anilines is 1. The number of sulfonamides is 1. The molecule has 2 aromatic carbocycles. The van der Waals surface area contributed by atoms with Crippen LogP contribution in [0.5, 0.6) is 0 Å². The van der Waals surface area contributed by atoms with Crippen LogP contribution in [-0.2, 0) is 16.6 Å². The van der Waals surface area contributed by atoms with E-state index in [1.807, 2.05) is 13.0 Å². The lowest BCUT2D eigenvalue weighted by Gasteiger charge is -2.17. The minimum atomic E-state index is -3.40. The summed E-state index contributed by atoms with van der Waals surface area (Å²) in [6.45, 7) is 1.92. The van der Waals surface area contributed by atoms with Crippen molar-refractivity contribution in [2.24, 2.45) is 0 Å². The van der Waals surface area contributed by atoms with Crippen LogP contribution in [0, 0.1) is 6.92 Å². The molecule has 7 nitrogen and oxygen atoms in total. The van der Waals surface area contributed by atoms with Gasteiger partial charge in [0.2, 0.25) is 10.0 Å². The Morgan fingerprint density at radius 1 is 1.12 bits per heavy atom.